The van der Waals surface area contributed by atoms with E-state index in [0.717, 1.165) is 12.5 Å². The molecule has 1 unspecified atom stereocenters. The molecule has 0 radical (unpaired) electrons. The van der Waals surface area contributed by atoms with Crippen LogP contribution in [0.1, 0.15) is 39.5 Å². The first-order valence-corrected chi connectivity index (χ1v) is 6.40. The van der Waals surface area contributed by atoms with Crippen LogP contribution < -0.4 is 0 Å². The Morgan fingerprint density at radius 1 is 1.26 bits per heavy atom. The van der Waals surface area contributed by atoms with Gasteiger partial charge >= 0.3 is 6.18 Å². The summed E-state index contributed by atoms with van der Waals surface area (Å²) < 4.78 is 44.0. The number of halogens is 3. The van der Waals surface area contributed by atoms with Crippen molar-refractivity contribution in [3.05, 3.63) is 37.0 Å². The van der Waals surface area contributed by atoms with Gasteiger partial charge in [0.2, 0.25) is 0 Å². The highest BCUT2D eigenvalue weighted by molar-refractivity contribution is 5.14. The van der Waals surface area contributed by atoms with Crippen molar-refractivity contribution in [1.29, 1.82) is 0 Å². The van der Waals surface area contributed by atoms with E-state index < -0.39 is 11.8 Å². The highest BCUT2D eigenvalue weighted by Crippen LogP contribution is 2.37. The van der Waals surface area contributed by atoms with E-state index in [2.05, 4.69) is 13.2 Å². The highest BCUT2D eigenvalue weighted by atomic mass is 19.4. The summed E-state index contributed by atoms with van der Waals surface area (Å²) in [7, 11) is 0. The zero-order valence-corrected chi connectivity index (χ0v) is 11.7. The molecule has 0 aliphatic carbocycles. The summed E-state index contributed by atoms with van der Waals surface area (Å²) in [6, 6.07) is 0. The molecule has 19 heavy (non-hydrogen) atoms. The van der Waals surface area contributed by atoms with Gasteiger partial charge in [0.25, 0.3) is 0 Å². The standard InChI is InChI=1S/C15H23F3O/c1-5-8-11-14(4,15(16,17)18)19-12-9-10-13(6-2)7-3/h5-7H,1-2,8-12H2,3-4H3/b13-7+. The third kappa shape index (κ3) is 6.10. The van der Waals surface area contributed by atoms with E-state index in [4.69, 9.17) is 4.74 Å². The molecule has 0 aliphatic rings. The third-order valence-electron chi connectivity index (χ3n) is 3.09. The van der Waals surface area contributed by atoms with Crippen molar-refractivity contribution in [2.24, 2.45) is 0 Å². The maximum absolute atomic E-state index is 13.0. The molecule has 0 aliphatic heterocycles. The minimum Gasteiger partial charge on any atom is -0.366 e. The van der Waals surface area contributed by atoms with E-state index >= 15 is 0 Å². The summed E-state index contributed by atoms with van der Waals surface area (Å²) in [4.78, 5) is 0. The van der Waals surface area contributed by atoms with Gasteiger partial charge in [-0.25, -0.2) is 0 Å². The van der Waals surface area contributed by atoms with Crippen molar-refractivity contribution in [3.8, 4) is 0 Å². The zero-order chi connectivity index (χ0) is 14.9. The maximum Gasteiger partial charge on any atom is 0.417 e. The van der Waals surface area contributed by atoms with Gasteiger partial charge in [0, 0.05) is 6.61 Å². The van der Waals surface area contributed by atoms with E-state index in [1.165, 1.54) is 6.08 Å². The largest absolute Gasteiger partial charge is 0.417 e. The van der Waals surface area contributed by atoms with Crippen LogP contribution in [0, 0.1) is 0 Å². The Balaban J connectivity index is 4.36. The molecule has 0 rings (SSSR count). The number of allylic oxidation sites excluding steroid dienone is 4. The summed E-state index contributed by atoms with van der Waals surface area (Å²) in [6.07, 6.45) is 2.12. The van der Waals surface area contributed by atoms with Crippen LogP contribution >= 0.6 is 0 Å². The molecule has 0 N–H and O–H groups in total. The normalized spacial score (nSPS) is 15.9. The third-order valence-corrected chi connectivity index (χ3v) is 3.09. The Kier molecular flexibility index (Phi) is 7.76. The molecule has 0 saturated heterocycles. The van der Waals surface area contributed by atoms with E-state index in [0.29, 0.717) is 12.8 Å². The van der Waals surface area contributed by atoms with Crippen LogP contribution in [0.4, 0.5) is 13.2 Å². The molecular formula is C15H23F3O. The Morgan fingerprint density at radius 2 is 1.89 bits per heavy atom. The minimum atomic E-state index is -4.36. The minimum absolute atomic E-state index is 0.0817. The maximum atomic E-state index is 13.0. The van der Waals surface area contributed by atoms with Crippen molar-refractivity contribution in [2.45, 2.75) is 51.3 Å². The van der Waals surface area contributed by atoms with Crippen molar-refractivity contribution in [3.63, 3.8) is 0 Å². The lowest BCUT2D eigenvalue weighted by Crippen LogP contribution is -2.45. The van der Waals surface area contributed by atoms with Crippen LogP contribution in [0.5, 0.6) is 0 Å². The smallest absolute Gasteiger partial charge is 0.366 e. The quantitative estimate of drug-likeness (QED) is 0.319. The van der Waals surface area contributed by atoms with Gasteiger partial charge in [0.1, 0.15) is 0 Å². The first-order chi connectivity index (χ1) is 8.80. The Labute approximate surface area is 113 Å². The molecule has 1 nitrogen and oxygen atoms in total. The lowest BCUT2D eigenvalue weighted by atomic mass is 9.99. The summed E-state index contributed by atoms with van der Waals surface area (Å²) in [6.45, 7) is 10.1. The lowest BCUT2D eigenvalue weighted by molar-refractivity contribution is -0.273. The van der Waals surface area contributed by atoms with Gasteiger partial charge in [-0.3, -0.25) is 0 Å². The number of rotatable bonds is 9. The van der Waals surface area contributed by atoms with Crippen LogP contribution in [-0.2, 0) is 4.74 Å². The lowest BCUT2D eigenvalue weighted by Gasteiger charge is -2.32. The second-order valence-electron chi connectivity index (χ2n) is 4.58. The number of hydrogen-bond acceptors (Lipinski definition) is 1. The molecule has 0 amide bonds. The van der Waals surface area contributed by atoms with Gasteiger partial charge in [0.05, 0.1) is 0 Å². The molecule has 0 heterocycles. The SMILES string of the molecule is C=CCCC(C)(OCCC/C(C=C)=C/C)C(F)(F)F. The van der Waals surface area contributed by atoms with Crippen molar-refractivity contribution in [1.82, 2.24) is 0 Å². The second-order valence-corrected chi connectivity index (χ2v) is 4.58. The Hall–Kier alpha value is -1.03. The van der Waals surface area contributed by atoms with Crippen molar-refractivity contribution < 1.29 is 17.9 Å². The summed E-state index contributed by atoms with van der Waals surface area (Å²) in [5, 5.41) is 0. The van der Waals surface area contributed by atoms with Crippen molar-refractivity contribution in [2.75, 3.05) is 6.61 Å². The van der Waals surface area contributed by atoms with E-state index in [1.54, 1.807) is 6.08 Å². The van der Waals surface area contributed by atoms with Crippen LogP contribution in [0.25, 0.3) is 0 Å². The summed E-state index contributed by atoms with van der Waals surface area (Å²) >= 11 is 0. The number of alkyl halides is 3. The monoisotopic (exact) mass is 276 g/mol. The molecule has 1 atom stereocenters. The summed E-state index contributed by atoms with van der Waals surface area (Å²) in [5.74, 6) is 0. The molecule has 0 aromatic carbocycles. The van der Waals surface area contributed by atoms with Gasteiger partial charge in [0.15, 0.2) is 5.60 Å². The second kappa shape index (κ2) is 8.20. The van der Waals surface area contributed by atoms with Crippen LogP contribution in [0.15, 0.2) is 37.0 Å². The van der Waals surface area contributed by atoms with Gasteiger partial charge in [-0.2, -0.15) is 13.2 Å². The fourth-order valence-electron chi connectivity index (χ4n) is 1.61. The van der Waals surface area contributed by atoms with Crippen molar-refractivity contribution >= 4 is 0 Å². The molecular weight excluding hydrogens is 253 g/mol. The fraction of sp³-hybridized carbons (Fsp3) is 0.600. The summed E-state index contributed by atoms with van der Waals surface area (Å²) in [5.41, 5.74) is -1.07. The van der Waals surface area contributed by atoms with Crippen LogP contribution in [-0.4, -0.2) is 18.4 Å². The first-order valence-electron chi connectivity index (χ1n) is 6.40. The first kappa shape index (κ1) is 18.0. The highest BCUT2D eigenvalue weighted by Gasteiger charge is 2.51. The number of ether oxygens (including phenoxy) is 1. The van der Waals surface area contributed by atoms with Crippen LogP contribution in [0.2, 0.25) is 0 Å². The molecule has 0 aromatic rings. The van der Waals surface area contributed by atoms with E-state index in [1.807, 2.05) is 13.0 Å². The predicted molar refractivity (Wildman–Crippen MR) is 73.0 cm³/mol. The van der Waals surface area contributed by atoms with Crippen LogP contribution in [0.3, 0.4) is 0 Å². The predicted octanol–water partition coefficient (Wildman–Crippen LogP) is 5.20. The number of hydrogen-bond donors (Lipinski definition) is 0. The zero-order valence-electron chi connectivity index (χ0n) is 11.7. The molecule has 110 valence electrons. The molecule has 0 saturated carbocycles. The Morgan fingerprint density at radius 3 is 2.32 bits per heavy atom. The average Bonchev–Trinajstić information content (AvgIpc) is 2.35. The molecule has 0 spiro atoms. The average molecular weight is 276 g/mol. The van der Waals surface area contributed by atoms with Gasteiger partial charge in [-0.05, 0) is 39.5 Å². The Bertz CT molecular complexity index is 318. The fourth-order valence-corrected chi connectivity index (χ4v) is 1.61. The van der Waals surface area contributed by atoms with E-state index in [-0.39, 0.29) is 19.4 Å². The molecule has 4 heteroatoms. The van der Waals surface area contributed by atoms with Gasteiger partial charge < -0.3 is 4.74 Å². The molecule has 0 aromatic heterocycles. The molecule has 0 bridgehead atoms. The topological polar surface area (TPSA) is 9.23 Å². The molecule has 0 fully saturated rings. The van der Waals surface area contributed by atoms with Gasteiger partial charge in [-0.1, -0.05) is 30.4 Å². The van der Waals surface area contributed by atoms with E-state index in [9.17, 15) is 13.2 Å². The van der Waals surface area contributed by atoms with Gasteiger partial charge in [-0.15, -0.1) is 6.58 Å².